The van der Waals surface area contributed by atoms with E-state index in [-0.39, 0.29) is 12.8 Å². The molecule has 0 heterocycles. The number of ether oxygens (including phenoxy) is 1. The third kappa shape index (κ3) is 8.53. The second-order valence-electron chi connectivity index (χ2n) is 4.61. The first-order chi connectivity index (χ1) is 10.4. The van der Waals surface area contributed by atoms with E-state index < -0.39 is 34.2 Å². The molecule has 130 valence electrons. The third-order valence-corrected chi connectivity index (χ3v) is 5.51. The number of hydrogen-bond acceptors (Lipinski definition) is 4. The van der Waals surface area contributed by atoms with Crippen molar-refractivity contribution in [1.29, 1.82) is 0 Å². The fraction of sp³-hybridized carbons (Fsp3) is 0.417. The lowest BCUT2D eigenvalue weighted by atomic mass is 10.1. The Hall–Kier alpha value is 0.650. The van der Waals surface area contributed by atoms with Gasteiger partial charge in [0.1, 0.15) is 5.75 Å². The average molecular weight is 686 g/mol. The molecule has 1 aromatic rings. The van der Waals surface area contributed by atoms with E-state index in [9.17, 15) is 22.0 Å². The van der Waals surface area contributed by atoms with Gasteiger partial charge in [0.05, 0.1) is 7.14 Å². The van der Waals surface area contributed by atoms with Crippen LogP contribution in [-0.2, 0) is 14.9 Å². The molecule has 0 aliphatic carbocycles. The zero-order chi connectivity index (χ0) is 17.8. The summed E-state index contributed by atoms with van der Waals surface area (Å²) in [5, 5.41) is 0. The van der Waals surface area contributed by atoms with Crippen molar-refractivity contribution in [3.05, 3.63) is 22.8 Å². The van der Waals surface area contributed by atoms with Gasteiger partial charge in [-0.1, -0.05) is 0 Å². The molecule has 0 spiro atoms. The fourth-order valence-corrected chi connectivity index (χ4v) is 6.10. The highest BCUT2D eigenvalue weighted by atomic mass is 127. The third-order valence-electron chi connectivity index (χ3n) is 2.50. The van der Waals surface area contributed by atoms with Crippen molar-refractivity contribution in [1.82, 2.24) is 0 Å². The summed E-state index contributed by atoms with van der Waals surface area (Å²) in [6.45, 7) is 0. The Kier molecular flexibility index (Phi) is 8.34. The number of hydrogen-bond donors (Lipinski definition) is 1. The Morgan fingerprint density at radius 1 is 1.22 bits per heavy atom. The molecule has 0 radical (unpaired) electrons. The number of benzene rings is 1. The Morgan fingerprint density at radius 3 is 2.22 bits per heavy atom. The first-order valence-electron chi connectivity index (χ1n) is 6.08. The molecule has 1 rings (SSSR count). The summed E-state index contributed by atoms with van der Waals surface area (Å²) in [5.74, 6) is -5.53. The molecular weight excluding hydrogens is 675 g/mol. The van der Waals surface area contributed by atoms with E-state index in [0.29, 0.717) is 5.75 Å². The predicted octanol–water partition coefficient (Wildman–Crippen LogP) is 4.10. The zero-order valence-electron chi connectivity index (χ0n) is 11.4. The molecule has 0 aliphatic heterocycles. The largest absolute Gasteiger partial charge is 0.424 e. The SMILES string of the molecule is O=C(CCCC(F)(F)CS(=O)(=O)O)Oc1c(I)cc(I)cc1I. The lowest BCUT2D eigenvalue weighted by molar-refractivity contribution is -0.134. The quantitative estimate of drug-likeness (QED) is 0.203. The topological polar surface area (TPSA) is 80.7 Å². The van der Waals surface area contributed by atoms with Gasteiger partial charge in [-0.3, -0.25) is 9.35 Å². The lowest BCUT2D eigenvalue weighted by Crippen LogP contribution is -2.27. The number of halogens is 5. The van der Waals surface area contributed by atoms with Crippen molar-refractivity contribution >= 4 is 83.9 Å². The summed E-state index contributed by atoms with van der Waals surface area (Å²) in [7, 11) is -4.77. The molecule has 0 saturated heterocycles. The smallest absolute Gasteiger partial charge is 0.311 e. The maximum absolute atomic E-state index is 13.3. The summed E-state index contributed by atoms with van der Waals surface area (Å²) < 4.78 is 63.5. The van der Waals surface area contributed by atoms with Crippen LogP contribution in [0.15, 0.2) is 12.1 Å². The Morgan fingerprint density at radius 2 is 1.74 bits per heavy atom. The van der Waals surface area contributed by atoms with Gasteiger partial charge in [-0.05, 0) is 86.3 Å². The Bertz CT molecular complexity index is 671. The minimum Gasteiger partial charge on any atom is -0.424 e. The number of rotatable bonds is 7. The van der Waals surface area contributed by atoms with Gasteiger partial charge < -0.3 is 4.74 Å². The van der Waals surface area contributed by atoms with Gasteiger partial charge in [0.15, 0.2) is 5.75 Å². The van der Waals surface area contributed by atoms with Crippen molar-refractivity contribution in [3.8, 4) is 5.75 Å². The van der Waals surface area contributed by atoms with E-state index >= 15 is 0 Å². The fourth-order valence-electron chi connectivity index (χ4n) is 1.62. The van der Waals surface area contributed by atoms with Gasteiger partial charge in [0.25, 0.3) is 16.0 Å². The van der Waals surface area contributed by atoms with Crippen LogP contribution < -0.4 is 4.74 Å². The highest BCUT2D eigenvalue weighted by Crippen LogP contribution is 2.30. The zero-order valence-corrected chi connectivity index (χ0v) is 18.7. The summed E-state index contributed by atoms with van der Waals surface area (Å²) in [5.41, 5.74) is 0. The summed E-state index contributed by atoms with van der Waals surface area (Å²) in [6.07, 6.45) is -1.36. The van der Waals surface area contributed by atoms with E-state index in [0.717, 1.165) is 10.7 Å². The molecule has 0 fully saturated rings. The normalized spacial score (nSPS) is 12.3. The molecule has 1 N–H and O–H groups in total. The molecule has 0 saturated carbocycles. The van der Waals surface area contributed by atoms with Crippen molar-refractivity contribution < 1.29 is 31.3 Å². The van der Waals surface area contributed by atoms with E-state index in [1.807, 2.05) is 57.3 Å². The highest BCUT2D eigenvalue weighted by molar-refractivity contribution is 14.1. The number of alkyl halides is 2. The van der Waals surface area contributed by atoms with Crippen LogP contribution in [0, 0.1) is 10.7 Å². The van der Waals surface area contributed by atoms with Crippen molar-refractivity contribution in [3.63, 3.8) is 0 Å². The minimum atomic E-state index is -4.77. The first kappa shape index (κ1) is 21.7. The Labute approximate surface area is 173 Å². The molecule has 5 nitrogen and oxygen atoms in total. The molecule has 0 aromatic heterocycles. The number of carbonyl (C=O) groups excluding carboxylic acids is 1. The molecule has 11 heteroatoms. The molecule has 23 heavy (non-hydrogen) atoms. The molecule has 0 bridgehead atoms. The molecule has 1 aromatic carbocycles. The van der Waals surface area contributed by atoms with Crippen LogP contribution in [0.3, 0.4) is 0 Å². The lowest BCUT2D eigenvalue weighted by Gasteiger charge is -2.14. The first-order valence-corrected chi connectivity index (χ1v) is 10.9. The molecular formula is C12H11F2I3O5S. The average Bonchev–Trinajstić information content (AvgIpc) is 2.30. The van der Waals surface area contributed by atoms with E-state index in [1.165, 1.54) is 0 Å². The summed E-state index contributed by atoms with van der Waals surface area (Å²) >= 11 is 6.14. The van der Waals surface area contributed by atoms with Gasteiger partial charge in [0, 0.05) is 16.4 Å². The number of esters is 1. The monoisotopic (exact) mass is 686 g/mol. The predicted molar refractivity (Wildman–Crippen MR) is 105 cm³/mol. The van der Waals surface area contributed by atoms with Crippen LogP contribution in [-0.4, -0.2) is 30.6 Å². The van der Waals surface area contributed by atoms with Crippen LogP contribution >= 0.6 is 67.8 Å². The molecule has 0 atom stereocenters. The highest BCUT2D eigenvalue weighted by Gasteiger charge is 2.34. The van der Waals surface area contributed by atoms with Crippen molar-refractivity contribution in [2.24, 2.45) is 0 Å². The summed E-state index contributed by atoms with van der Waals surface area (Å²) in [4.78, 5) is 11.7. The van der Waals surface area contributed by atoms with Crippen molar-refractivity contribution in [2.45, 2.75) is 25.2 Å². The van der Waals surface area contributed by atoms with E-state index in [2.05, 4.69) is 22.6 Å². The van der Waals surface area contributed by atoms with Crippen LogP contribution in [0.25, 0.3) is 0 Å². The van der Waals surface area contributed by atoms with Crippen LogP contribution in [0.5, 0.6) is 5.75 Å². The van der Waals surface area contributed by atoms with Crippen LogP contribution in [0.1, 0.15) is 19.3 Å². The van der Waals surface area contributed by atoms with Crippen molar-refractivity contribution in [2.75, 3.05) is 5.75 Å². The Balaban J connectivity index is 2.56. The van der Waals surface area contributed by atoms with Gasteiger partial charge in [-0.2, -0.15) is 8.42 Å². The molecule has 0 unspecified atom stereocenters. The van der Waals surface area contributed by atoms with E-state index in [4.69, 9.17) is 9.29 Å². The molecule has 0 aliphatic rings. The van der Waals surface area contributed by atoms with E-state index in [1.54, 1.807) is 0 Å². The summed E-state index contributed by atoms with van der Waals surface area (Å²) in [6, 6.07) is 3.62. The minimum absolute atomic E-state index is 0.251. The second kappa shape index (κ2) is 8.84. The number of carbonyl (C=O) groups is 1. The van der Waals surface area contributed by atoms with Gasteiger partial charge in [-0.25, -0.2) is 8.78 Å². The van der Waals surface area contributed by atoms with Gasteiger partial charge in [0.2, 0.25) is 0 Å². The standard InChI is InChI=1S/C12H11F2I3O5S/c13-12(14,6-23(19,20)21)3-1-2-10(18)22-11-8(16)4-7(15)5-9(11)17/h4-5H,1-3,6H2,(H,19,20,21). The van der Waals surface area contributed by atoms with Gasteiger partial charge >= 0.3 is 5.97 Å². The maximum Gasteiger partial charge on any atom is 0.311 e. The van der Waals surface area contributed by atoms with Crippen LogP contribution in [0.2, 0.25) is 0 Å². The second-order valence-corrected chi connectivity index (χ2v) is 9.63. The maximum atomic E-state index is 13.3. The van der Waals surface area contributed by atoms with Gasteiger partial charge in [-0.15, -0.1) is 0 Å². The van der Waals surface area contributed by atoms with Crippen LogP contribution in [0.4, 0.5) is 8.78 Å². The molecule has 0 amide bonds.